The summed E-state index contributed by atoms with van der Waals surface area (Å²) >= 11 is 0. The number of hydrogen-bond acceptors (Lipinski definition) is 4. The van der Waals surface area contributed by atoms with Crippen LogP contribution in [0.5, 0.6) is 11.5 Å². The highest BCUT2D eigenvalue weighted by molar-refractivity contribution is 14.0. The van der Waals surface area contributed by atoms with Gasteiger partial charge in [0, 0.05) is 38.1 Å². The van der Waals surface area contributed by atoms with Crippen LogP contribution in [0.1, 0.15) is 18.1 Å². The zero-order valence-corrected chi connectivity index (χ0v) is 20.1. The number of halogens is 3. The Bertz CT molecular complexity index is 1000. The fourth-order valence-electron chi connectivity index (χ4n) is 3.08. The molecule has 3 aromatic rings. The SMILES string of the molecule is CCOc1cccc(CNC(=NC)NCc2ccccc2-n2ccnc2)c1OC(F)F.I. The highest BCUT2D eigenvalue weighted by Crippen LogP contribution is 2.32. The maximum atomic E-state index is 12.9. The van der Waals surface area contributed by atoms with Gasteiger partial charge in [-0.25, -0.2) is 4.98 Å². The molecule has 10 heteroatoms. The maximum Gasteiger partial charge on any atom is 0.387 e. The molecule has 0 bridgehead atoms. The first kappa shape index (κ1) is 25.4. The van der Waals surface area contributed by atoms with Gasteiger partial charge in [-0.2, -0.15) is 8.78 Å². The van der Waals surface area contributed by atoms with Crippen molar-refractivity contribution in [3.05, 3.63) is 72.3 Å². The Morgan fingerprint density at radius 2 is 1.81 bits per heavy atom. The smallest absolute Gasteiger partial charge is 0.387 e. The molecule has 0 amide bonds. The van der Waals surface area contributed by atoms with Crippen LogP contribution in [0.4, 0.5) is 8.78 Å². The average Bonchev–Trinajstić information content (AvgIpc) is 3.30. The molecule has 0 spiro atoms. The van der Waals surface area contributed by atoms with Crippen molar-refractivity contribution < 1.29 is 18.3 Å². The van der Waals surface area contributed by atoms with E-state index in [0.717, 1.165) is 11.3 Å². The lowest BCUT2D eigenvalue weighted by atomic mass is 10.1. The van der Waals surface area contributed by atoms with Gasteiger partial charge in [0.1, 0.15) is 0 Å². The van der Waals surface area contributed by atoms with Gasteiger partial charge < -0.3 is 24.7 Å². The molecule has 1 aromatic heterocycles. The summed E-state index contributed by atoms with van der Waals surface area (Å²) < 4.78 is 37.9. The van der Waals surface area contributed by atoms with Gasteiger partial charge in [0.2, 0.25) is 0 Å². The molecule has 7 nitrogen and oxygen atoms in total. The second-order valence-electron chi connectivity index (χ2n) is 6.43. The van der Waals surface area contributed by atoms with Gasteiger partial charge in [-0.3, -0.25) is 4.99 Å². The molecule has 32 heavy (non-hydrogen) atoms. The number of nitrogens with zero attached hydrogens (tertiary/aromatic N) is 3. The summed E-state index contributed by atoms with van der Waals surface area (Å²) in [7, 11) is 1.64. The molecule has 0 unspecified atom stereocenters. The van der Waals surface area contributed by atoms with Crippen LogP contribution in [-0.4, -0.2) is 35.8 Å². The third kappa shape index (κ3) is 6.81. The lowest BCUT2D eigenvalue weighted by molar-refractivity contribution is -0.0520. The molecule has 172 valence electrons. The van der Waals surface area contributed by atoms with Gasteiger partial charge >= 0.3 is 6.61 Å². The standard InChI is InChI=1S/C22H25F2N5O2.HI/c1-3-30-19-10-6-8-17(20(19)31-21(23)24)14-28-22(25-2)27-13-16-7-4-5-9-18(16)29-12-11-26-15-29;/h4-12,15,21H,3,13-14H2,1-2H3,(H2,25,27,28);1H. The van der Waals surface area contributed by atoms with Crippen molar-refractivity contribution in [3.8, 4) is 17.2 Å². The van der Waals surface area contributed by atoms with E-state index < -0.39 is 6.61 Å². The van der Waals surface area contributed by atoms with E-state index in [2.05, 4.69) is 20.6 Å². The number of rotatable bonds is 9. The van der Waals surface area contributed by atoms with Gasteiger partial charge in [0.15, 0.2) is 17.5 Å². The van der Waals surface area contributed by atoms with Crippen molar-refractivity contribution in [3.63, 3.8) is 0 Å². The van der Waals surface area contributed by atoms with Crippen LogP contribution < -0.4 is 20.1 Å². The van der Waals surface area contributed by atoms with Crippen molar-refractivity contribution in [2.45, 2.75) is 26.6 Å². The lowest BCUT2D eigenvalue weighted by Crippen LogP contribution is -2.36. The number of nitrogens with one attached hydrogen (secondary N) is 2. The van der Waals surface area contributed by atoms with Gasteiger partial charge in [-0.1, -0.05) is 30.3 Å². The van der Waals surface area contributed by atoms with E-state index in [1.807, 2.05) is 35.0 Å². The van der Waals surface area contributed by atoms with Crippen LogP contribution in [-0.2, 0) is 13.1 Å². The largest absolute Gasteiger partial charge is 0.490 e. The second kappa shape index (κ2) is 12.8. The Balaban J connectivity index is 0.00000363. The number of para-hydroxylation sites is 2. The van der Waals surface area contributed by atoms with Crippen LogP contribution >= 0.6 is 24.0 Å². The number of aliphatic imine (C=N–C) groups is 1. The monoisotopic (exact) mass is 557 g/mol. The molecule has 0 radical (unpaired) electrons. The fraction of sp³-hybridized carbons (Fsp3) is 0.273. The molecule has 0 saturated carbocycles. The Morgan fingerprint density at radius 1 is 1.09 bits per heavy atom. The lowest BCUT2D eigenvalue weighted by Gasteiger charge is -2.17. The summed E-state index contributed by atoms with van der Waals surface area (Å²) in [6, 6.07) is 13.0. The van der Waals surface area contributed by atoms with E-state index in [-0.39, 0.29) is 42.0 Å². The maximum absolute atomic E-state index is 12.9. The summed E-state index contributed by atoms with van der Waals surface area (Å²) in [6.07, 6.45) is 5.34. The predicted octanol–water partition coefficient (Wildman–Crippen LogP) is 4.36. The van der Waals surface area contributed by atoms with E-state index >= 15 is 0 Å². The normalized spacial score (nSPS) is 11.1. The minimum Gasteiger partial charge on any atom is -0.490 e. The van der Waals surface area contributed by atoms with Gasteiger partial charge in [-0.15, -0.1) is 24.0 Å². The number of ether oxygens (including phenoxy) is 2. The summed E-state index contributed by atoms with van der Waals surface area (Å²) in [5, 5.41) is 6.38. The summed E-state index contributed by atoms with van der Waals surface area (Å²) in [4.78, 5) is 8.31. The number of imidazole rings is 1. The molecule has 2 N–H and O–H groups in total. The number of alkyl halides is 2. The molecule has 0 saturated heterocycles. The average molecular weight is 557 g/mol. The number of aromatic nitrogens is 2. The van der Waals surface area contributed by atoms with Crippen LogP contribution in [0.15, 0.2) is 66.2 Å². The first-order valence-corrected chi connectivity index (χ1v) is 9.82. The van der Waals surface area contributed by atoms with Crippen molar-refractivity contribution >= 4 is 29.9 Å². The quantitative estimate of drug-likeness (QED) is 0.233. The van der Waals surface area contributed by atoms with E-state index in [0.29, 0.717) is 24.7 Å². The van der Waals surface area contributed by atoms with Crippen LogP contribution in [0.25, 0.3) is 5.69 Å². The number of benzene rings is 2. The Morgan fingerprint density at radius 3 is 2.47 bits per heavy atom. The molecule has 0 fully saturated rings. The highest BCUT2D eigenvalue weighted by atomic mass is 127. The van der Waals surface area contributed by atoms with E-state index in [1.165, 1.54) is 0 Å². The van der Waals surface area contributed by atoms with Crippen LogP contribution in [0.3, 0.4) is 0 Å². The first-order valence-electron chi connectivity index (χ1n) is 9.82. The minimum absolute atomic E-state index is 0. The third-order valence-corrected chi connectivity index (χ3v) is 4.46. The zero-order chi connectivity index (χ0) is 22.1. The third-order valence-electron chi connectivity index (χ3n) is 4.46. The number of guanidine groups is 1. The molecule has 0 aliphatic carbocycles. The minimum atomic E-state index is -2.95. The van der Waals surface area contributed by atoms with Crippen molar-refractivity contribution in [1.82, 2.24) is 20.2 Å². The van der Waals surface area contributed by atoms with Crippen LogP contribution in [0, 0.1) is 0 Å². The molecule has 3 rings (SSSR count). The summed E-state index contributed by atoms with van der Waals surface area (Å²) in [5.74, 6) is 0.817. The topological polar surface area (TPSA) is 72.7 Å². The first-order chi connectivity index (χ1) is 15.1. The Labute approximate surface area is 202 Å². The van der Waals surface area contributed by atoms with Gasteiger partial charge in [0.25, 0.3) is 0 Å². The van der Waals surface area contributed by atoms with Gasteiger partial charge in [0.05, 0.1) is 18.6 Å². The predicted molar refractivity (Wildman–Crippen MR) is 130 cm³/mol. The molecule has 0 atom stereocenters. The van der Waals surface area contributed by atoms with Crippen molar-refractivity contribution in [2.75, 3.05) is 13.7 Å². The van der Waals surface area contributed by atoms with E-state index in [9.17, 15) is 8.78 Å². The zero-order valence-electron chi connectivity index (χ0n) is 17.8. The molecule has 1 heterocycles. The fourth-order valence-corrected chi connectivity index (χ4v) is 3.08. The molecule has 0 aliphatic heterocycles. The summed E-state index contributed by atoms with van der Waals surface area (Å²) in [5.41, 5.74) is 2.58. The van der Waals surface area contributed by atoms with Crippen molar-refractivity contribution in [2.24, 2.45) is 4.99 Å². The number of hydrogen-bond donors (Lipinski definition) is 2. The molecule has 2 aromatic carbocycles. The highest BCUT2D eigenvalue weighted by Gasteiger charge is 2.16. The van der Waals surface area contributed by atoms with E-state index in [4.69, 9.17) is 9.47 Å². The van der Waals surface area contributed by atoms with Crippen LogP contribution in [0.2, 0.25) is 0 Å². The Hall–Kier alpha value is -2.89. The second-order valence-corrected chi connectivity index (χ2v) is 6.43. The molecular formula is C22H26F2IN5O2. The van der Waals surface area contributed by atoms with Crippen molar-refractivity contribution in [1.29, 1.82) is 0 Å². The Kier molecular flexibility index (Phi) is 10.2. The van der Waals surface area contributed by atoms with E-state index in [1.54, 1.807) is 44.7 Å². The molecular weight excluding hydrogens is 531 g/mol. The molecule has 0 aliphatic rings. The summed E-state index contributed by atoms with van der Waals surface area (Å²) in [6.45, 7) is -0.0860. The van der Waals surface area contributed by atoms with Gasteiger partial charge in [-0.05, 0) is 24.6 Å².